The first kappa shape index (κ1) is 21.2. The second-order valence-corrected chi connectivity index (χ2v) is 9.36. The van der Waals surface area contributed by atoms with Crippen LogP contribution in [0.15, 0.2) is 30.3 Å². The first-order chi connectivity index (χ1) is 13.4. The van der Waals surface area contributed by atoms with Gasteiger partial charge in [0.2, 0.25) is 0 Å². The van der Waals surface area contributed by atoms with Crippen molar-refractivity contribution in [2.45, 2.75) is 71.5 Å². The van der Waals surface area contributed by atoms with Crippen LogP contribution in [0.4, 0.5) is 0 Å². The van der Waals surface area contributed by atoms with Crippen LogP contribution in [0.3, 0.4) is 0 Å². The van der Waals surface area contributed by atoms with E-state index in [2.05, 4.69) is 32.6 Å². The minimum Gasteiger partial charge on any atom is -0.477 e. The van der Waals surface area contributed by atoms with E-state index in [1.807, 2.05) is 30.3 Å². The number of carbonyl (C=O) groups excluding carboxylic acids is 1. The summed E-state index contributed by atoms with van der Waals surface area (Å²) in [5.41, 5.74) is -0.802. The number of amides is 1. The summed E-state index contributed by atoms with van der Waals surface area (Å²) in [6.45, 7) is 11.3. The van der Waals surface area contributed by atoms with E-state index in [0.717, 1.165) is 44.0 Å². The molecule has 2 aliphatic rings. The van der Waals surface area contributed by atoms with Gasteiger partial charge in [0.15, 0.2) is 5.60 Å². The minimum absolute atomic E-state index is 0.0783. The maximum Gasteiger partial charge on any atom is 0.266 e. The highest BCUT2D eigenvalue weighted by Crippen LogP contribution is 2.36. The Labute approximate surface area is 170 Å². The van der Waals surface area contributed by atoms with E-state index in [1.165, 1.54) is 0 Å². The standard InChI is InChI=1S/C24H37NO3/c1-18(2)16-22-17-24(12-15-27-22,28-21-8-6-5-7-9-21)23(26)25-13-10-20(11-14-25)19(3)4/h5-9,18-20,22H,10-17H2,1-4H3. The van der Waals surface area contributed by atoms with Gasteiger partial charge in [-0.3, -0.25) is 4.79 Å². The zero-order valence-corrected chi connectivity index (χ0v) is 18.0. The number of benzene rings is 1. The van der Waals surface area contributed by atoms with Gasteiger partial charge in [0, 0.05) is 25.9 Å². The molecule has 1 aromatic rings. The quantitative estimate of drug-likeness (QED) is 0.695. The van der Waals surface area contributed by atoms with Gasteiger partial charge in [-0.25, -0.2) is 0 Å². The van der Waals surface area contributed by atoms with E-state index < -0.39 is 5.60 Å². The SMILES string of the molecule is CC(C)CC1CC(Oc2ccccc2)(C(=O)N2CCC(C(C)C)CC2)CCO1. The molecule has 2 fully saturated rings. The van der Waals surface area contributed by atoms with Crippen LogP contribution in [-0.2, 0) is 9.53 Å². The summed E-state index contributed by atoms with van der Waals surface area (Å²) < 4.78 is 12.5. The fourth-order valence-corrected chi connectivity index (χ4v) is 4.70. The van der Waals surface area contributed by atoms with Crippen molar-refractivity contribution >= 4 is 5.91 Å². The van der Waals surface area contributed by atoms with E-state index >= 15 is 0 Å². The van der Waals surface area contributed by atoms with E-state index in [0.29, 0.717) is 31.3 Å². The van der Waals surface area contributed by atoms with Crippen LogP contribution >= 0.6 is 0 Å². The number of hydrogen-bond acceptors (Lipinski definition) is 3. The Morgan fingerprint density at radius 1 is 1.18 bits per heavy atom. The number of carbonyl (C=O) groups is 1. The Bertz CT molecular complexity index is 622. The molecule has 0 aliphatic carbocycles. The monoisotopic (exact) mass is 387 g/mol. The topological polar surface area (TPSA) is 38.8 Å². The molecule has 2 unspecified atom stereocenters. The molecule has 0 saturated carbocycles. The summed E-state index contributed by atoms with van der Waals surface area (Å²) in [6.07, 6.45) is 4.49. The van der Waals surface area contributed by atoms with Crippen molar-refractivity contribution in [2.24, 2.45) is 17.8 Å². The molecule has 2 atom stereocenters. The van der Waals surface area contributed by atoms with Crippen LogP contribution in [0.5, 0.6) is 5.75 Å². The maximum atomic E-state index is 13.7. The first-order valence-electron chi connectivity index (χ1n) is 11.0. The van der Waals surface area contributed by atoms with Gasteiger partial charge in [-0.2, -0.15) is 0 Å². The molecule has 3 rings (SSSR count). The fraction of sp³-hybridized carbons (Fsp3) is 0.708. The fourth-order valence-electron chi connectivity index (χ4n) is 4.70. The number of hydrogen-bond donors (Lipinski definition) is 0. The van der Waals surface area contributed by atoms with Gasteiger partial charge in [-0.1, -0.05) is 45.9 Å². The van der Waals surface area contributed by atoms with Crippen LogP contribution in [0, 0.1) is 17.8 Å². The summed E-state index contributed by atoms with van der Waals surface area (Å²) in [4.78, 5) is 15.8. The summed E-state index contributed by atoms with van der Waals surface area (Å²) in [5.74, 6) is 2.88. The smallest absolute Gasteiger partial charge is 0.266 e. The molecular weight excluding hydrogens is 350 g/mol. The second kappa shape index (κ2) is 9.30. The molecule has 0 N–H and O–H groups in total. The predicted octanol–water partition coefficient (Wildman–Crippen LogP) is 4.92. The van der Waals surface area contributed by atoms with Gasteiger partial charge in [0.05, 0.1) is 12.7 Å². The van der Waals surface area contributed by atoms with Crippen LogP contribution in [-0.4, -0.2) is 42.2 Å². The number of para-hydroxylation sites is 1. The zero-order chi connectivity index (χ0) is 20.1. The van der Waals surface area contributed by atoms with Crippen molar-refractivity contribution in [3.63, 3.8) is 0 Å². The van der Waals surface area contributed by atoms with Gasteiger partial charge in [-0.05, 0) is 49.1 Å². The average Bonchev–Trinajstić information content (AvgIpc) is 2.68. The van der Waals surface area contributed by atoms with Crippen LogP contribution in [0.25, 0.3) is 0 Å². The van der Waals surface area contributed by atoms with Crippen molar-refractivity contribution in [1.29, 1.82) is 0 Å². The summed E-state index contributed by atoms with van der Waals surface area (Å²) in [6, 6.07) is 9.81. The summed E-state index contributed by atoms with van der Waals surface area (Å²) >= 11 is 0. The Kier molecular flexibility index (Phi) is 7.03. The molecule has 0 spiro atoms. The molecule has 2 heterocycles. The molecule has 2 saturated heterocycles. The van der Waals surface area contributed by atoms with Gasteiger partial charge < -0.3 is 14.4 Å². The predicted molar refractivity (Wildman–Crippen MR) is 112 cm³/mol. The molecule has 0 bridgehead atoms. The Morgan fingerprint density at radius 3 is 2.46 bits per heavy atom. The van der Waals surface area contributed by atoms with Crippen LogP contribution in [0.1, 0.15) is 59.8 Å². The minimum atomic E-state index is -0.802. The summed E-state index contributed by atoms with van der Waals surface area (Å²) in [7, 11) is 0. The highest BCUT2D eigenvalue weighted by molar-refractivity contribution is 5.86. The molecule has 0 aromatic heterocycles. The number of ether oxygens (including phenoxy) is 2. The summed E-state index contributed by atoms with van der Waals surface area (Å²) in [5, 5.41) is 0. The number of likely N-dealkylation sites (tertiary alicyclic amines) is 1. The van der Waals surface area contributed by atoms with Crippen molar-refractivity contribution < 1.29 is 14.3 Å². The molecule has 4 nitrogen and oxygen atoms in total. The van der Waals surface area contributed by atoms with Crippen molar-refractivity contribution in [2.75, 3.05) is 19.7 Å². The average molecular weight is 388 g/mol. The lowest BCUT2D eigenvalue weighted by molar-refractivity contribution is -0.164. The lowest BCUT2D eigenvalue weighted by Crippen LogP contribution is -2.58. The molecule has 1 amide bonds. The van der Waals surface area contributed by atoms with Crippen molar-refractivity contribution in [3.8, 4) is 5.75 Å². The Hall–Kier alpha value is -1.55. The van der Waals surface area contributed by atoms with E-state index in [1.54, 1.807) is 0 Å². The van der Waals surface area contributed by atoms with Crippen molar-refractivity contribution in [3.05, 3.63) is 30.3 Å². The normalized spacial score (nSPS) is 26.6. The lowest BCUT2D eigenvalue weighted by atomic mass is 9.83. The van der Waals surface area contributed by atoms with Gasteiger partial charge in [0.25, 0.3) is 5.91 Å². The second-order valence-electron chi connectivity index (χ2n) is 9.36. The van der Waals surface area contributed by atoms with Gasteiger partial charge in [0.1, 0.15) is 5.75 Å². The molecule has 156 valence electrons. The Morgan fingerprint density at radius 2 is 1.86 bits per heavy atom. The number of rotatable bonds is 6. The zero-order valence-electron chi connectivity index (χ0n) is 18.0. The molecule has 0 radical (unpaired) electrons. The molecule has 1 aromatic carbocycles. The molecule has 4 heteroatoms. The largest absolute Gasteiger partial charge is 0.477 e. The van der Waals surface area contributed by atoms with Gasteiger partial charge >= 0.3 is 0 Å². The lowest BCUT2D eigenvalue weighted by Gasteiger charge is -2.44. The number of piperidine rings is 1. The van der Waals surface area contributed by atoms with Crippen molar-refractivity contribution in [1.82, 2.24) is 4.90 Å². The van der Waals surface area contributed by atoms with E-state index in [-0.39, 0.29) is 12.0 Å². The van der Waals surface area contributed by atoms with E-state index in [9.17, 15) is 4.79 Å². The highest BCUT2D eigenvalue weighted by atomic mass is 16.5. The number of nitrogens with zero attached hydrogens (tertiary/aromatic N) is 1. The molecular formula is C24H37NO3. The van der Waals surface area contributed by atoms with Gasteiger partial charge in [-0.15, -0.1) is 0 Å². The van der Waals surface area contributed by atoms with Crippen LogP contribution in [0.2, 0.25) is 0 Å². The Balaban J connectivity index is 1.78. The van der Waals surface area contributed by atoms with Crippen LogP contribution < -0.4 is 4.74 Å². The maximum absolute atomic E-state index is 13.7. The third kappa shape index (κ3) is 5.08. The first-order valence-corrected chi connectivity index (χ1v) is 11.0. The third-order valence-corrected chi connectivity index (χ3v) is 6.37. The van der Waals surface area contributed by atoms with E-state index in [4.69, 9.17) is 9.47 Å². The highest BCUT2D eigenvalue weighted by Gasteiger charge is 2.48. The molecule has 28 heavy (non-hydrogen) atoms. The molecule has 2 aliphatic heterocycles. The third-order valence-electron chi connectivity index (χ3n) is 6.37.